The minimum atomic E-state index is -2.95. The molecule has 0 saturated heterocycles. The zero-order chi connectivity index (χ0) is 17.7. The summed E-state index contributed by atoms with van der Waals surface area (Å²) in [6.45, 7) is 0.0915. The van der Waals surface area contributed by atoms with Crippen LogP contribution in [0.5, 0.6) is 5.75 Å². The van der Waals surface area contributed by atoms with Crippen molar-refractivity contribution in [3.05, 3.63) is 41.7 Å². The number of aromatic nitrogens is 1. The molecular weight excluding hydrogens is 326 g/mol. The van der Waals surface area contributed by atoms with Crippen molar-refractivity contribution in [2.24, 2.45) is 0 Å². The van der Waals surface area contributed by atoms with Crippen LogP contribution in [0.15, 0.2) is 34.9 Å². The molecule has 1 amide bonds. The Bertz CT molecular complexity index is 715. The van der Waals surface area contributed by atoms with E-state index in [0.29, 0.717) is 5.76 Å². The zero-order valence-electron chi connectivity index (χ0n) is 12.8. The van der Waals surface area contributed by atoms with Gasteiger partial charge in [0.15, 0.2) is 11.9 Å². The van der Waals surface area contributed by atoms with Crippen LogP contribution in [0.2, 0.25) is 0 Å². The number of hydrogen-bond acceptors (Lipinski definition) is 6. The molecule has 1 heterocycles. The molecule has 1 aromatic heterocycles. The second kappa shape index (κ2) is 7.53. The number of carbonyl (C=O) groups excluding carboxylic acids is 2. The van der Waals surface area contributed by atoms with Crippen LogP contribution < -0.4 is 10.1 Å². The minimum absolute atomic E-state index is 0.0891. The molecule has 0 aliphatic heterocycles. The highest BCUT2D eigenvalue weighted by Crippen LogP contribution is 2.16. The summed E-state index contributed by atoms with van der Waals surface area (Å²) in [5, 5.41) is 6.01. The van der Waals surface area contributed by atoms with E-state index in [1.807, 2.05) is 0 Å². The fourth-order valence-corrected chi connectivity index (χ4v) is 1.71. The Balaban J connectivity index is 1.91. The summed E-state index contributed by atoms with van der Waals surface area (Å²) >= 11 is 0. The topological polar surface area (TPSA) is 90.7 Å². The van der Waals surface area contributed by atoms with Crippen molar-refractivity contribution in [2.45, 2.75) is 26.6 Å². The highest BCUT2D eigenvalue weighted by atomic mass is 19.3. The van der Waals surface area contributed by atoms with Crippen LogP contribution in [-0.2, 0) is 9.53 Å². The van der Waals surface area contributed by atoms with E-state index >= 15 is 0 Å². The van der Waals surface area contributed by atoms with E-state index in [-0.39, 0.29) is 17.1 Å². The van der Waals surface area contributed by atoms with E-state index in [1.165, 1.54) is 37.3 Å². The maximum Gasteiger partial charge on any atom is 0.387 e. The van der Waals surface area contributed by atoms with Gasteiger partial charge in [0.05, 0.1) is 5.56 Å². The zero-order valence-corrected chi connectivity index (χ0v) is 12.8. The maximum atomic E-state index is 12.1. The molecule has 1 atom stereocenters. The van der Waals surface area contributed by atoms with E-state index in [4.69, 9.17) is 9.26 Å². The van der Waals surface area contributed by atoms with Crippen LogP contribution in [0.3, 0.4) is 0 Å². The first-order valence-corrected chi connectivity index (χ1v) is 6.85. The van der Waals surface area contributed by atoms with Gasteiger partial charge in [-0.05, 0) is 38.1 Å². The molecule has 1 aromatic carbocycles. The number of amides is 1. The normalized spacial score (nSPS) is 11.9. The Hall–Kier alpha value is -2.97. The summed E-state index contributed by atoms with van der Waals surface area (Å²) in [6, 6.07) is 6.42. The van der Waals surface area contributed by atoms with Crippen molar-refractivity contribution >= 4 is 17.7 Å². The van der Waals surface area contributed by atoms with E-state index in [1.54, 1.807) is 6.92 Å². The second-order valence-electron chi connectivity index (χ2n) is 4.76. The van der Waals surface area contributed by atoms with Crippen molar-refractivity contribution in [3.8, 4) is 5.75 Å². The number of benzene rings is 1. The Morgan fingerprint density at radius 2 is 1.92 bits per heavy atom. The van der Waals surface area contributed by atoms with E-state index in [0.717, 1.165) is 0 Å². The highest BCUT2D eigenvalue weighted by Gasteiger charge is 2.20. The lowest BCUT2D eigenvalue weighted by Crippen LogP contribution is -2.30. The largest absolute Gasteiger partial charge is 0.449 e. The first-order chi connectivity index (χ1) is 11.3. The van der Waals surface area contributed by atoms with Crippen molar-refractivity contribution < 1.29 is 32.4 Å². The molecule has 24 heavy (non-hydrogen) atoms. The smallest absolute Gasteiger partial charge is 0.387 e. The number of aryl methyl sites for hydroxylation is 1. The molecule has 0 saturated carbocycles. The van der Waals surface area contributed by atoms with Gasteiger partial charge >= 0.3 is 12.6 Å². The molecule has 0 fully saturated rings. The highest BCUT2D eigenvalue weighted by molar-refractivity contribution is 5.96. The molecule has 2 aromatic rings. The number of nitrogens with zero attached hydrogens (tertiary/aromatic N) is 1. The molecule has 7 nitrogen and oxygen atoms in total. The number of nitrogens with one attached hydrogen (secondary N) is 1. The Labute approximate surface area is 135 Å². The first kappa shape index (κ1) is 17.4. The molecule has 0 unspecified atom stereocenters. The molecule has 0 bridgehead atoms. The number of rotatable bonds is 6. The number of carbonyl (C=O) groups is 2. The van der Waals surface area contributed by atoms with Crippen molar-refractivity contribution in [1.82, 2.24) is 5.16 Å². The fourth-order valence-electron chi connectivity index (χ4n) is 1.71. The van der Waals surface area contributed by atoms with Crippen LogP contribution in [0, 0.1) is 6.92 Å². The van der Waals surface area contributed by atoms with Crippen LogP contribution in [0.1, 0.15) is 23.0 Å². The van der Waals surface area contributed by atoms with Gasteiger partial charge < -0.3 is 19.3 Å². The number of esters is 1. The lowest BCUT2D eigenvalue weighted by molar-refractivity contribution is -0.123. The summed E-state index contributed by atoms with van der Waals surface area (Å²) in [5.74, 6) is -0.740. The van der Waals surface area contributed by atoms with Gasteiger partial charge in [0.1, 0.15) is 11.5 Å². The molecule has 0 radical (unpaired) electrons. The van der Waals surface area contributed by atoms with Crippen LogP contribution in [0.25, 0.3) is 0 Å². The Kier molecular flexibility index (Phi) is 5.46. The molecular formula is C15H14F2N2O5. The standard InChI is InChI=1S/C15H14F2N2O5/c1-8-7-12(19-24-8)18-13(20)9(2)22-14(21)10-3-5-11(6-4-10)23-15(16)17/h3-7,9,15H,1-2H3,(H,18,19,20)/t9-/m0/s1. The van der Waals surface area contributed by atoms with Gasteiger partial charge in [-0.25, -0.2) is 4.79 Å². The van der Waals surface area contributed by atoms with Crippen LogP contribution in [-0.4, -0.2) is 29.7 Å². The number of halogens is 2. The van der Waals surface area contributed by atoms with Gasteiger partial charge in [0.2, 0.25) is 0 Å². The summed E-state index contributed by atoms with van der Waals surface area (Å²) in [5.41, 5.74) is 0.0912. The predicted molar refractivity (Wildman–Crippen MR) is 77.8 cm³/mol. The third-order valence-corrected chi connectivity index (χ3v) is 2.85. The molecule has 0 spiro atoms. The van der Waals surface area contributed by atoms with Gasteiger partial charge in [-0.15, -0.1) is 0 Å². The Morgan fingerprint density at radius 3 is 2.46 bits per heavy atom. The van der Waals surface area contributed by atoms with Crippen molar-refractivity contribution in [2.75, 3.05) is 5.32 Å². The number of alkyl halides is 2. The first-order valence-electron chi connectivity index (χ1n) is 6.85. The lowest BCUT2D eigenvalue weighted by Gasteiger charge is -2.12. The van der Waals surface area contributed by atoms with E-state index < -0.39 is 24.6 Å². The summed E-state index contributed by atoms with van der Waals surface area (Å²) < 4.78 is 38.1. The lowest BCUT2D eigenvalue weighted by atomic mass is 10.2. The third-order valence-electron chi connectivity index (χ3n) is 2.85. The summed E-state index contributed by atoms with van der Waals surface area (Å²) in [7, 11) is 0. The van der Waals surface area contributed by atoms with Gasteiger partial charge in [-0.3, -0.25) is 4.79 Å². The van der Waals surface area contributed by atoms with Gasteiger partial charge in [0.25, 0.3) is 5.91 Å². The van der Waals surface area contributed by atoms with Crippen LogP contribution in [0.4, 0.5) is 14.6 Å². The van der Waals surface area contributed by atoms with E-state index in [9.17, 15) is 18.4 Å². The molecule has 9 heteroatoms. The number of ether oxygens (including phenoxy) is 2. The molecule has 2 rings (SSSR count). The molecule has 0 aliphatic carbocycles. The monoisotopic (exact) mass is 340 g/mol. The van der Waals surface area contributed by atoms with Crippen LogP contribution >= 0.6 is 0 Å². The number of hydrogen-bond donors (Lipinski definition) is 1. The van der Waals surface area contributed by atoms with Gasteiger partial charge in [0, 0.05) is 6.07 Å². The van der Waals surface area contributed by atoms with Gasteiger partial charge in [-0.2, -0.15) is 8.78 Å². The second-order valence-corrected chi connectivity index (χ2v) is 4.76. The Morgan fingerprint density at radius 1 is 1.25 bits per heavy atom. The average Bonchev–Trinajstić information content (AvgIpc) is 2.92. The summed E-state index contributed by atoms with van der Waals surface area (Å²) in [4.78, 5) is 23.8. The average molecular weight is 340 g/mol. The van der Waals surface area contributed by atoms with E-state index in [2.05, 4.69) is 15.2 Å². The molecule has 0 aliphatic rings. The maximum absolute atomic E-state index is 12.1. The third kappa shape index (κ3) is 4.77. The van der Waals surface area contributed by atoms with Crippen molar-refractivity contribution in [3.63, 3.8) is 0 Å². The summed E-state index contributed by atoms with van der Waals surface area (Å²) in [6.07, 6.45) is -1.09. The molecule has 1 N–H and O–H groups in total. The molecule has 128 valence electrons. The quantitative estimate of drug-likeness (QED) is 0.813. The van der Waals surface area contributed by atoms with Crippen molar-refractivity contribution in [1.29, 1.82) is 0 Å². The van der Waals surface area contributed by atoms with Gasteiger partial charge in [-0.1, -0.05) is 5.16 Å². The SMILES string of the molecule is Cc1cc(NC(=O)[C@H](C)OC(=O)c2ccc(OC(F)F)cc2)no1. The minimum Gasteiger partial charge on any atom is -0.449 e. The number of anilines is 1. The fraction of sp³-hybridized carbons (Fsp3) is 0.267. The predicted octanol–water partition coefficient (Wildman–Crippen LogP) is 2.77.